The summed E-state index contributed by atoms with van der Waals surface area (Å²) in [5.41, 5.74) is 12.2. The van der Waals surface area contributed by atoms with Gasteiger partial charge in [-0.2, -0.15) is 5.10 Å². The molecule has 1 atom stereocenters. The first-order valence-corrected chi connectivity index (χ1v) is 8.36. The lowest BCUT2D eigenvalue weighted by molar-refractivity contribution is 0.641. The minimum atomic E-state index is 0.188. The number of rotatable bonds is 5. The van der Waals surface area contributed by atoms with E-state index in [2.05, 4.69) is 66.5 Å². The standard InChI is InChI=1S/C17H24BrN3/c1-5-15(19)9-13-7-8-14(18)10-17(13)21-12(4)16(6-2)11(3)20-21/h7-8,10,15H,5-6,9,19H2,1-4H3. The van der Waals surface area contributed by atoms with Crippen LogP contribution in [0.4, 0.5) is 0 Å². The van der Waals surface area contributed by atoms with Crippen LogP contribution in [0.25, 0.3) is 5.69 Å². The predicted molar refractivity (Wildman–Crippen MR) is 92.1 cm³/mol. The van der Waals surface area contributed by atoms with Crippen molar-refractivity contribution in [1.82, 2.24) is 9.78 Å². The molecule has 0 aliphatic rings. The third-order valence-electron chi connectivity index (χ3n) is 4.08. The number of aryl methyl sites for hydroxylation is 1. The molecule has 114 valence electrons. The van der Waals surface area contributed by atoms with Crippen molar-refractivity contribution in [1.29, 1.82) is 0 Å². The normalized spacial score (nSPS) is 12.7. The third-order valence-corrected chi connectivity index (χ3v) is 4.57. The molecule has 21 heavy (non-hydrogen) atoms. The van der Waals surface area contributed by atoms with E-state index < -0.39 is 0 Å². The molecular weight excluding hydrogens is 326 g/mol. The Hall–Kier alpha value is -1.13. The fraction of sp³-hybridized carbons (Fsp3) is 0.471. The van der Waals surface area contributed by atoms with Crippen molar-refractivity contribution < 1.29 is 0 Å². The van der Waals surface area contributed by atoms with Gasteiger partial charge in [-0.1, -0.05) is 35.8 Å². The van der Waals surface area contributed by atoms with Crippen molar-refractivity contribution in [3.63, 3.8) is 0 Å². The summed E-state index contributed by atoms with van der Waals surface area (Å²) < 4.78 is 3.13. The van der Waals surface area contributed by atoms with Crippen LogP contribution in [0.5, 0.6) is 0 Å². The Balaban J connectivity index is 2.54. The van der Waals surface area contributed by atoms with Crippen molar-refractivity contribution >= 4 is 15.9 Å². The lowest BCUT2D eigenvalue weighted by Crippen LogP contribution is -2.22. The van der Waals surface area contributed by atoms with Gasteiger partial charge in [0, 0.05) is 16.2 Å². The summed E-state index contributed by atoms with van der Waals surface area (Å²) in [6, 6.07) is 6.55. The summed E-state index contributed by atoms with van der Waals surface area (Å²) in [6.45, 7) is 8.53. The summed E-state index contributed by atoms with van der Waals surface area (Å²) >= 11 is 3.57. The van der Waals surface area contributed by atoms with Gasteiger partial charge in [0.2, 0.25) is 0 Å². The van der Waals surface area contributed by atoms with Gasteiger partial charge < -0.3 is 5.73 Å². The maximum absolute atomic E-state index is 6.15. The molecule has 2 rings (SSSR count). The van der Waals surface area contributed by atoms with Crippen LogP contribution >= 0.6 is 15.9 Å². The van der Waals surface area contributed by atoms with Crippen LogP contribution in [0, 0.1) is 13.8 Å². The third kappa shape index (κ3) is 3.38. The molecule has 4 heteroatoms. The molecule has 1 aromatic heterocycles. The van der Waals surface area contributed by atoms with E-state index >= 15 is 0 Å². The maximum atomic E-state index is 6.15. The molecule has 0 fully saturated rings. The SMILES string of the molecule is CCc1c(C)nn(-c2cc(Br)ccc2CC(N)CC)c1C. The Kier molecular flexibility index (Phi) is 5.22. The summed E-state index contributed by atoms with van der Waals surface area (Å²) in [6.07, 6.45) is 2.86. The molecule has 1 heterocycles. The quantitative estimate of drug-likeness (QED) is 0.883. The number of aromatic nitrogens is 2. The fourth-order valence-corrected chi connectivity index (χ4v) is 3.10. The van der Waals surface area contributed by atoms with Crippen LogP contribution in [0.1, 0.15) is 42.8 Å². The van der Waals surface area contributed by atoms with Gasteiger partial charge in [-0.15, -0.1) is 0 Å². The van der Waals surface area contributed by atoms with E-state index in [1.807, 2.05) is 0 Å². The lowest BCUT2D eigenvalue weighted by atomic mass is 10.0. The monoisotopic (exact) mass is 349 g/mol. The van der Waals surface area contributed by atoms with E-state index in [0.29, 0.717) is 0 Å². The van der Waals surface area contributed by atoms with Crippen LogP contribution in [0.3, 0.4) is 0 Å². The number of hydrogen-bond donors (Lipinski definition) is 1. The minimum absolute atomic E-state index is 0.188. The van der Waals surface area contributed by atoms with E-state index in [-0.39, 0.29) is 6.04 Å². The highest BCUT2D eigenvalue weighted by Gasteiger charge is 2.15. The topological polar surface area (TPSA) is 43.8 Å². The zero-order valence-electron chi connectivity index (χ0n) is 13.3. The maximum Gasteiger partial charge on any atom is 0.0692 e. The molecule has 0 saturated carbocycles. The van der Waals surface area contributed by atoms with Crippen LogP contribution in [0.2, 0.25) is 0 Å². The second-order valence-corrected chi connectivity index (χ2v) is 6.48. The molecule has 0 saturated heterocycles. The number of hydrogen-bond acceptors (Lipinski definition) is 2. The molecule has 0 aliphatic heterocycles. The van der Waals surface area contributed by atoms with Gasteiger partial charge in [0.05, 0.1) is 11.4 Å². The molecule has 0 amide bonds. The highest BCUT2D eigenvalue weighted by atomic mass is 79.9. The second-order valence-electron chi connectivity index (χ2n) is 5.56. The molecule has 0 spiro atoms. The first-order chi connectivity index (χ1) is 9.97. The average molecular weight is 350 g/mol. The zero-order valence-corrected chi connectivity index (χ0v) is 14.9. The molecule has 3 nitrogen and oxygen atoms in total. The van der Waals surface area contributed by atoms with Crippen molar-refractivity contribution in [2.24, 2.45) is 5.73 Å². The largest absolute Gasteiger partial charge is 0.327 e. The molecule has 1 aromatic carbocycles. The van der Waals surface area contributed by atoms with Crippen LogP contribution in [0.15, 0.2) is 22.7 Å². The smallest absolute Gasteiger partial charge is 0.0692 e. The van der Waals surface area contributed by atoms with Crippen LogP contribution in [-0.2, 0) is 12.8 Å². The summed E-state index contributed by atoms with van der Waals surface area (Å²) in [5.74, 6) is 0. The van der Waals surface area contributed by atoms with E-state index in [0.717, 1.165) is 35.1 Å². The zero-order chi connectivity index (χ0) is 15.6. The van der Waals surface area contributed by atoms with Gasteiger partial charge in [0.1, 0.15) is 0 Å². The number of nitrogens with zero attached hydrogens (tertiary/aromatic N) is 2. The highest BCUT2D eigenvalue weighted by Crippen LogP contribution is 2.25. The number of benzene rings is 1. The number of nitrogens with two attached hydrogens (primary N) is 1. The average Bonchev–Trinajstić information content (AvgIpc) is 2.75. The van der Waals surface area contributed by atoms with Crippen LogP contribution in [-0.4, -0.2) is 15.8 Å². The Morgan fingerprint density at radius 3 is 2.57 bits per heavy atom. The number of halogens is 1. The molecule has 2 N–H and O–H groups in total. The second kappa shape index (κ2) is 6.75. The van der Waals surface area contributed by atoms with Gasteiger partial charge in [-0.05, 0) is 56.4 Å². The summed E-state index contributed by atoms with van der Waals surface area (Å²) in [4.78, 5) is 0. The molecule has 2 aromatic rings. The van der Waals surface area contributed by atoms with E-state index in [4.69, 9.17) is 10.8 Å². The van der Waals surface area contributed by atoms with E-state index in [1.54, 1.807) is 0 Å². The first-order valence-electron chi connectivity index (χ1n) is 7.57. The summed E-state index contributed by atoms with van der Waals surface area (Å²) in [7, 11) is 0. The lowest BCUT2D eigenvalue weighted by Gasteiger charge is -2.15. The molecule has 0 bridgehead atoms. The predicted octanol–water partition coefficient (Wildman–Crippen LogP) is 4.09. The van der Waals surface area contributed by atoms with Crippen molar-refractivity contribution in [3.05, 3.63) is 45.2 Å². The fourth-order valence-electron chi connectivity index (χ4n) is 2.75. The first kappa shape index (κ1) is 16.2. The van der Waals surface area contributed by atoms with Gasteiger partial charge in [0.15, 0.2) is 0 Å². The Bertz CT molecular complexity index is 631. The Morgan fingerprint density at radius 1 is 1.29 bits per heavy atom. The molecule has 0 aliphatic carbocycles. The van der Waals surface area contributed by atoms with Crippen molar-refractivity contribution in [2.45, 2.75) is 53.0 Å². The van der Waals surface area contributed by atoms with E-state index in [1.165, 1.54) is 16.8 Å². The van der Waals surface area contributed by atoms with Gasteiger partial charge in [0.25, 0.3) is 0 Å². The van der Waals surface area contributed by atoms with Gasteiger partial charge in [-0.3, -0.25) is 0 Å². The molecule has 1 unspecified atom stereocenters. The van der Waals surface area contributed by atoms with Crippen LogP contribution < -0.4 is 5.73 Å². The summed E-state index contributed by atoms with van der Waals surface area (Å²) in [5, 5.41) is 4.74. The molecular formula is C17H24BrN3. The van der Waals surface area contributed by atoms with Crippen molar-refractivity contribution in [3.8, 4) is 5.69 Å². The van der Waals surface area contributed by atoms with Gasteiger partial charge >= 0.3 is 0 Å². The van der Waals surface area contributed by atoms with Gasteiger partial charge in [-0.25, -0.2) is 4.68 Å². The van der Waals surface area contributed by atoms with Crippen molar-refractivity contribution in [2.75, 3.05) is 0 Å². The molecule has 0 radical (unpaired) electrons. The Morgan fingerprint density at radius 2 is 2.00 bits per heavy atom. The minimum Gasteiger partial charge on any atom is -0.327 e. The van der Waals surface area contributed by atoms with E-state index in [9.17, 15) is 0 Å². The highest BCUT2D eigenvalue weighted by molar-refractivity contribution is 9.10. The Labute approximate surface area is 135 Å².